The van der Waals surface area contributed by atoms with Gasteiger partial charge in [-0.1, -0.05) is 18.2 Å². The molecule has 9 heteroatoms. The van der Waals surface area contributed by atoms with Crippen LogP contribution < -0.4 is 10.2 Å². The van der Waals surface area contributed by atoms with Crippen molar-refractivity contribution in [3.63, 3.8) is 0 Å². The van der Waals surface area contributed by atoms with Crippen molar-refractivity contribution in [2.24, 2.45) is 5.92 Å². The summed E-state index contributed by atoms with van der Waals surface area (Å²) in [5.41, 5.74) is -0.748. The summed E-state index contributed by atoms with van der Waals surface area (Å²) in [6.45, 7) is 10.5. The number of amides is 2. The predicted molar refractivity (Wildman–Crippen MR) is 103 cm³/mol. The van der Waals surface area contributed by atoms with Gasteiger partial charge in [-0.05, 0) is 20.8 Å². The minimum Gasteiger partial charge on any atom is -0.763 e. The number of nitrogens with one attached hydrogen (secondary N) is 2. The molecule has 0 aromatic heterocycles. The summed E-state index contributed by atoms with van der Waals surface area (Å²) >= 11 is 0. The largest absolute Gasteiger partial charge is 0.763 e. The second-order valence-electron chi connectivity index (χ2n) is 6.05. The minimum atomic E-state index is -1.38. The number of hydrogen-bond acceptors (Lipinski definition) is 5. The van der Waals surface area contributed by atoms with Crippen LogP contribution in [0.4, 0.5) is 5.69 Å². The standard InChI is InChI=1S/C13H7N4O4.C6H15N/c14-5-8-11(9(6-15)13(19)16-12(8)18)7-3-1-2-4-10(7)17(20)21;1-4-7(5-2)6-3/h1-4,8,11H,(H,16,18,19);4-6H2,1-3H3/q-1;/p+1. The number of carbonyl (C=O) groups is 2. The summed E-state index contributed by atoms with van der Waals surface area (Å²) in [5, 5.41) is 31.2. The van der Waals surface area contributed by atoms with Gasteiger partial charge in [-0.3, -0.25) is 30.9 Å². The van der Waals surface area contributed by atoms with Gasteiger partial charge in [0.15, 0.2) is 0 Å². The summed E-state index contributed by atoms with van der Waals surface area (Å²) in [6.07, 6.45) is 0. The number of piperidine rings is 1. The Kier molecular flexibility index (Phi) is 8.69. The molecule has 2 unspecified atom stereocenters. The van der Waals surface area contributed by atoms with E-state index in [0.717, 1.165) is 0 Å². The maximum absolute atomic E-state index is 11.7. The van der Waals surface area contributed by atoms with E-state index in [1.165, 1.54) is 43.9 Å². The predicted octanol–water partition coefficient (Wildman–Crippen LogP) is 0.571. The highest BCUT2D eigenvalue weighted by molar-refractivity contribution is 6.15. The summed E-state index contributed by atoms with van der Waals surface area (Å²) in [6, 6.07) is 7.11. The van der Waals surface area contributed by atoms with Crippen LogP contribution in [0.2, 0.25) is 0 Å². The number of nitriles is 1. The topological polar surface area (TPSA) is 140 Å². The van der Waals surface area contributed by atoms with E-state index in [9.17, 15) is 19.7 Å². The molecule has 1 aliphatic heterocycles. The third-order valence-corrected chi connectivity index (χ3v) is 4.64. The lowest BCUT2D eigenvalue weighted by molar-refractivity contribution is -0.894. The highest BCUT2D eigenvalue weighted by Gasteiger charge is 2.43. The molecule has 0 radical (unpaired) electrons. The Morgan fingerprint density at radius 1 is 1.21 bits per heavy atom. The molecule has 1 saturated heterocycles. The van der Waals surface area contributed by atoms with Crippen molar-refractivity contribution < 1.29 is 19.4 Å². The molecule has 1 aromatic rings. The smallest absolute Gasteiger partial charge is 0.273 e. The van der Waals surface area contributed by atoms with E-state index in [2.05, 4.69) is 20.8 Å². The van der Waals surface area contributed by atoms with Crippen LogP contribution in [0.15, 0.2) is 29.8 Å². The van der Waals surface area contributed by atoms with Crippen molar-refractivity contribution in [2.75, 3.05) is 19.6 Å². The zero-order valence-corrected chi connectivity index (χ0v) is 16.1. The van der Waals surface area contributed by atoms with Gasteiger partial charge in [-0.25, -0.2) is 0 Å². The third-order valence-electron chi connectivity index (χ3n) is 4.64. The Hall–Kier alpha value is -3.34. The molecular formula is C19H23N5O4. The first kappa shape index (κ1) is 22.7. The number of carbonyl (C=O) groups excluding carboxylic acids is 2. The monoisotopic (exact) mass is 385 g/mol. The fraction of sp³-hybridized carbons (Fsp3) is 0.421. The van der Waals surface area contributed by atoms with Crippen LogP contribution in [-0.4, -0.2) is 42.2 Å². The van der Waals surface area contributed by atoms with Gasteiger partial charge in [-0.15, -0.1) is 0 Å². The molecule has 2 atom stereocenters. The molecule has 148 valence electrons. The van der Waals surface area contributed by atoms with Crippen LogP contribution in [0, 0.1) is 27.4 Å². The van der Waals surface area contributed by atoms with Gasteiger partial charge in [0.25, 0.3) is 11.6 Å². The van der Waals surface area contributed by atoms with E-state index in [-0.39, 0.29) is 11.3 Å². The Bertz CT molecular complexity index is 829. The SMILES string of the molecule is CC[NH+](CC)CC.N#CC1C(=O)NC(=O)C(=C=[N-])C1c1ccccc1[N+](=O)[O-]. The number of imide groups is 1. The fourth-order valence-electron chi connectivity index (χ4n) is 2.97. The van der Waals surface area contributed by atoms with E-state index in [1.54, 1.807) is 16.8 Å². The van der Waals surface area contributed by atoms with Crippen molar-refractivity contribution >= 4 is 23.4 Å². The average molecular weight is 385 g/mol. The van der Waals surface area contributed by atoms with Crippen molar-refractivity contribution in [2.45, 2.75) is 26.7 Å². The van der Waals surface area contributed by atoms with Gasteiger partial charge in [0.05, 0.1) is 36.5 Å². The molecule has 0 spiro atoms. The Morgan fingerprint density at radius 3 is 2.21 bits per heavy atom. The third kappa shape index (κ3) is 5.10. The summed E-state index contributed by atoms with van der Waals surface area (Å²) < 4.78 is 0. The lowest BCUT2D eigenvalue weighted by Crippen LogP contribution is -3.11. The maximum atomic E-state index is 11.7. The lowest BCUT2D eigenvalue weighted by atomic mass is 9.77. The number of rotatable bonds is 5. The first-order chi connectivity index (χ1) is 13.4. The van der Waals surface area contributed by atoms with E-state index < -0.39 is 34.1 Å². The number of para-hydroxylation sites is 1. The van der Waals surface area contributed by atoms with Crippen molar-refractivity contribution in [1.29, 1.82) is 5.26 Å². The number of quaternary nitrogens is 1. The van der Waals surface area contributed by atoms with Crippen LogP contribution in [0.3, 0.4) is 0 Å². The maximum Gasteiger partial charge on any atom is 0.273 e. The minimum absolute atomic E-state index is 0.00574. The van der Waals surface area contributed by atoms with Crippen LogP contribution in [0.5, 0.6) is 0 Å². The Morgan fingerprint density at radius 2 is 1.79 bits per heavy atom. The normalized spacial score (nSPS) is 18.5. The second-order valence-corrected chi connectivity index (χ2v) is 6.05. The van der Waals surface area contributed by atoms with Crippen molar-refractivity contribution in [3.8, 4) is 6.07 Å². The highest BCUT2D eigenvalue weighted by atomic mass is 16.6. The molecule has 1 aromatic carbocycles. The molecule has 2 amide bonds. The van der Waals surface area contributed by atoms with Gasteiger partial charge >= 0.3 is 0 Å². The molecule has 2 N–H and O–H groups in total. The number of nitro groups is 1. The molecular weight excluding hydrogens is 362 g/mol. The van der Waals surface area contributed by atoms with Gasteiger partial charge in [0, 0.05) is 17.2 Å². The van der Waals surface area contributed by atoms with Gasteiger partial charge in [-0.2, -0.15) is 5.26 Å². The molecule has 28 heavy (non-hydrogen) atoms. The van der Waals surface area contributed by atoms with E-state index in [0.29, 0.717) is 0 Å². The van der Waals surface area contributed by atoms with Crippen molar-refractivity contribution in [3.05, 3.63) is 50.9 Å². The molecule has 1 fully saturated rings. The lowest BCUT2D eigenvalue weighted by Gasteiger charge is -2.27. The van der Waals surface area contributed by atoms with Gasteiger partial charge in [0.1, 0.15) is 5.92 Å². The first-order valence-electron chi connectivity index (χ1n) is 8.94. The Labute approximate surface area is 163 Å². The molecule has 1 aliphatic rings. The van der Waals surface area contributed by atoms with Gasteiger partial charge in [0.2, 0.25) is 5.91 Å². The molecule has 1 heterocycles. The molecule has 0 saturated carbocycles. The van der Waals surface area contributed by atoms with Crippen LogP contribution in [0.1, 0.15) is 32.3 Å². The van der Waals surface area contributed by atoms with Crippen LogP contribution in [-0.2, 0) is 9.59 Å². The zero-order chi connectivity index (χ0) is 21.3. The van der Waals surface area contributed by atoms with E-state index in [1.807, 2.05) is 5.32 Å². The van der Waals surface area contributed by atoms with Crippen LogP contribution >= 0.6 is 0 Å². The van der Waals surface area contributed by atoms with Crippen molar-refractivity contribution in [1.82, 2.24) is 5.32 Å². The highest BCUT2D eigenvalue weighted by Crippen LogP contribution is 2.38. The molecule has 0 aliphatic carbocycles. The van der Waals surface area contributed by atoms with Gasteiger partial charge < -0.3 is 10.3 Å². The Balaban J connectivity index is 0.000000480. The second kappa shape index (κ2) is 10.7. The van der Waals surface area contributed by atoms with E-state index in [4.69, 9.17) is 10.7 Å². The molecule has 0 bridgehead atoms. The summed E-state index contributed by atoms with van der Waals surface area (Å²) in [7, 11) is 0. The molecule has 2 rings (SSSR count). The first-order valence-corrected chi connectivity index (χ1v) is 8.94. The fourth-order valence-corrected chi connectivity index (χ4v) is 2.97. The average Bonchev–Trinajstić information content (AvgIpc) is 2.69. The number of nitro benzene ring substituents is 1. The number of nitrogens with zero attached hydrogens (tertiary/aromatic N) is 3. The number of benzene rings is 1. The zero-order valence-electron chi connectivity index (χ0n) is 16.1. The summed E-state index contributed by atoms with van der Waals surface area (Å²) in [5.74, 6) is -2.80. The summed E-state index contributed by atoms with van der Waals surface area (Å²) in [4.78, 5) is 35.5. The number of hydrogen-bond donors (Lipinski definition) is 2. The van der Waals surface area contributed by atoms with Crippen LogP contribution in [0.25, 0.3) is 5.41 Å². The van der Waals surface area contributed by atoms with E-state index >= 15 is 0 Å². The molecule has 9 nitrogen and oxygen atoms in total. The quantitative estimate of drug-likeness (QED) is 0.251.